The van der Waals surface area contributed by atoms with Gasteiger partial charge in [-0.05, 0) is 31.9 Å². The van der Waals surface area contributed by atoms with E-state index in [4.69, 9.17) is 17.7 Å². The smallest absolute Gasteiger partial charge is 0.337 e. The van der Waals surface area contributed by atoms with Gasteiger partial charge in [0.15, 0.2) is 5.78 Å². The summed E-state index contributed by atoms with van der Waals surface area (Å²) in [6, 6.07) is 15.2. The minimum absolute atomic E-state index is 0.0133. The molecule has 0 heterocycles. The van der Waals surface area contributed by atoms with Crippen molar-refractivity contribution < 1.29 is 19.4 Å². The van der Waals surface area contributed by atoms with Crippen molar-refractivity contribution in [2.75, 3.05) is 6.61 Å². The zero-order valence-electron chi connectivity index (χ0n) is 13.6. The summed E-state index contributed by atoms with van der Waals surface area (Å²) in [5.74, 6) is -0.668. The molecule has 0 saturated carbocycles. The molecule has 2 aromatic rings. The molecule has 0 aliphatic heterocycles. The van der Waals surface area contributed by atoms with E-state index in [9.17, 15) is 9.59 Å². The Morgan fingerprint density at radius 1 is 1.00 bits per heavy atom. The summed E-state index contributed by atoms with van der Waals surface area (Å²) in [6.45, 7) is 1.58. The lowest BCUT2D eigenvalue weighted by Gasteiger charge is -2.25. The van der Waals surface area contributed by atoms with Crippen molar-refractivity contribution in [1.29, 1.82) is 0 Å². The average Bonchev–Trinajstić information content (AvgIpc) is 2.60. The molecule has 0 spiro atoms. The Labute approximate surface area is 142 Å². The van der Waals surface area contributed by atoms with Crippen molar-refractivity contribution in [2.24, 2.45) is 0 Å². The van der Waals surface area contributed by atoms with E-state index in [-0.39, 0.29) is 12.4 Å². The van der Waals surface area contributed by atoms with Gasteiger partial charge in [0.1, 0.15) is 7.85 Å². The van der Waals surface area contributed by atoms with Crippen molar-refractivity contribution >= 4 is 19.6 Å². The highest BCUT2D eigenvalue weighted by atomic mass is 16.6. The highest BCUT2D eigenvalue weighted by Gasteiger charge is 2.22. The van der Waals surface area contributed by atoms with E-state index in [2.05, 4.69) is 0 Å². The summed E-state index contributed by atoms with van der Waals surface area (Å²) in [4.78, 5) is 24.4. The second-order valence-electron chi connectivity index (χ2n) is 5.80. The van der Waals surface area contributed by atoms with Gasteiger partial charge in [0.2, 0.25) is 0 Å². The Morgan fingerprint density at radius 3 is 2.12 bits per heavy atom. The third-order valence-electron chi connectivity index (χ3n) is 3.58. The van der Waals surface area contributed by atoms with Gasteiger partial charge in [0.05, 0.1) is 11.1 Å². The molecule has 0 aromatic heterocycles. The second kappa shape index (κ2) is 7.93. The van der Waals surface area contributed by atoms with Crippen LogP contribution in [0.1, 0.15) is 46.0 Å². The topological polar surface area (TPSA) is 63.6 Å². The first-order valence-electron chi connectivity index (χ1n) is 7.76. The number of carbonyl (C=O) groups is 2. The standard InChI is InChI=1S/C19H19BO4/c1-19(20,12-5-13-21)24-18(23)16-10-8-15(9-11-16)17(22)14-6-3-2-4-7-14/h2-4,6-11,21H,5,12-13H2,1H3. The number of rotatable bonds is 7. The van der Waals surface area contributed by atoms with Crippen molar-refractivity contribution in [3.8, 4) is 0 Å². The highest BCUT2D eigenvalue weighted by Crippen LogP contribution is 2.17. The number of hydrogen-bond donors (Lipinski definition) is 1. The minimum atomic E-state index is -1.14. The van der Waals surface area contributed by atoms with Gasteiger partial charge in [0, 0.05) is 17.7 Å². The molecule has 0 aliphatic carbocycles. The van der Waals surface area contributed by atoms with Crippen LogP contribution in [0.3, 0.4) is 0 Å². The van der Waals surface area contributed by atoms with Gasteiger partial charge in [-0.3, -0.25) is 4.79 Å². The molecule has 122 valence electrons. The molecule has 1 N–H and O–H groups in total. The number of aliphatic hydroxyl groups is 1. The van der Waals surface area contributed by atoms with Gasteiger partial charge in [0.25, 0.3) is 0 Å². The zero-order chi connectivity index (χ0) is 17.6. The van der Waals surface area contributed by atoms with E-state index < -0.39 is 11.5 Å². The Hall–Kier alpha value is -2.40. The molecule has 0 saturated heterocycles. The van der Waals surface area contributed by atoms with Crippen LogP contribution in [0.25, 0.3) is 0 Å². The number of carbonyl (C=O) groups excluding carboxylic acids is 2. The summed E-state index contributed by atoms with van der Waals surface area (Å²) in [5.41, 5.74) is 0.262. The Morgan fingerprint density at radius 2 is 1.54 bits per heavy atom. The van der Waals surface area contributed by atoms with Crippen LogP contribution in [0.5, 0.6) is 0 Å². The number of ketones is 1. The molecule has 1 atom stereocenters. The van der Waals surface area contributed by atoms with E-state index >= 15 is 0 Å². The molecule has 0 aliphatic rings. The van der Waals surface area contributed by atoms with Crippen LogP contribution >= 0.6 is 0 Å². The van der Waals surface area contributed by atoms with Crippen molar-refractivity contribution in [1.82, 2.24) is 0 Å². The van der Waals surface area contributed by atoms with Crippen LogP contribution in [-0.2, 0) is 4.74 Å². The molecule has 4 nitrogen and oxygen atoms in total. The maximum Gasteiger partial charge on any atom is 0.337 e. The fourth-order valence-electron chi connectivity index (χ4n) is 2.27. The Bertz CT molecular complexity index is 693. The summed E-state index contributed by atoms with van der Waals surface area (Å²) in [5, 5.41) is 8.83. The van der Waals surface area contributed by atoms with E-state index in [0.29, 0.717) is 29.5 Å². The normalized spacial score (nSPS) is 13.1. The Balaban J connectivity index is 2.06. The van der Waals surface area contributed by atoms with Gasteiger partial charge in [-0.1, -0.05) is 42.5 Å². The van der Waals surface area contributed by atoms with Gasteiger partial charge >= 0.3 is 5.97 Å². The van der Waals surface area contributed by atoms with Gasteiger partial charge < -0.3 is 9.84 Å². The summed E-state index contributed by atoms with van der Waals surface area (Å²) < 4.78 is 5.25. The SMILES string of the molecule is [B]C(C)(CCCO)OC(=O)c1ccc(C(=O)c2ccccc2)cc1. The third kappa shape index (κ3) is 4.80. The monoisotopic (exact) mass is 322 g/mol. The molecule has 2 radical (unpaired) electrons. The summed E-state index contributed by atoms with van der Waals surface area (Å²) >= 11 is 0. The summed E-state index contributed by atoms with van der Waals surface area (Å²) in [7, 11) is 5.89. The fourth-order valence-corrected chi connectivity index (χ4v) is 2.27. The van der Waals surface area contributed by atoms with Crippen LogP contribution in [0.4, 0.5) is 0 Å². The molecule has 2 rings (SSSR count). The maximum absolute atomic E-state index is 12.3. The molecule has 0 fully saturated rings. The zero-order valence-corrected chi connectivity index (χ0v) is 13.6. The molecule has 24 heavy (non-hydrogen) atoms. The lowest BCUT2D eigenvalue weighted by atomic mass is 9.79. The van der Waals surface area contributed by atoms with Crippen LogP contribution in [0, 0.1) is 0 Å². The first kappa shape index (κ1) is 18.0. The van der Waals surface area contributed by atoms with E-state index in [0.717, 1.165) is 0 Å². The minimum Gasteiger partial charge on any atom is -0.466 e. The van der Waals surface area contributed by atoms with Crippen molar-refractivity contribution in [3.63, 3.8) is 0 Å². The van der Waals surface area contributed by atoms with Crippen LogP contribution in [-0.4, -0.2) is 36.8 Å². The van der Waals surface area contributed by atoms with Crippen molar-refractivity contribution in [2.45, 2.75) is 25.3 Å². The second-order valence-corrected chi connectivity index (χ2v) is 5.80. The largest absolute Gasteiger partial charge is 0.466 e. The molecule has 5 heteroatoms. The Kier molecular flexibility index (Phi) is 5.93. The number of ether oxygens (including phenoxy) is 1. The van der Waals surface area contributed by atoms with Crippen LogP contribution in [0.2, 0.25) is 0 Å². The molecule has 0 amide bonds. The van der Waals surface area contributed by atoms with E-state index in [1.165, 1.54) is 0 Å². The predicted molar refractivity (Wildman–Crippen MR) is 92.2 cm³/mol. The quantitative estimate of drug-likeness (QED) is 0.484. The molecule has 0 bridgehead atoms. The first-order valence-corrected chi connectivity index (χ1v) is 7.76. The lowest BCUT2D eigenvalue weighted by Crippen LogP contribution is -2.32. The van der Waals surface area contributed by atoms with Gasteiger partial charge in [-0.25, -0.2) is 4.79 Å². The van der Waals surface area contributed by atoms with E-state index in [1.807, 2.05) is 6.07 Å². The molecule has 2 aromatic carbocycles. The average molecular weight is 322 g/mol. The molecule has 1 unspecified atom stereocenters. The van der Waals surface area contributed by atoms with E-state index in [1.54, 1.807) is 55.5 Å². The fraction of sp³-hybridized carbons (Fsp3) is 0.263. The first-order chi connectivity index (χ1) is 11.4. The maximum atomic E-state index is 12.3. The van der Waals surface area contributed by atoms with Gasteiger partial charge in [-0.15, -0.1) is 0 Å². The molecular weight excluding hydrogens is 303 g/mol. The third-order valence-corrected chi connectivity index (χ3v) is 3.58. The summed E-state index contributed by atoms with van der Waals surface area (Å²) in [6.07, 6.45) is 0.810. The highest BCUT2D eigenvalue weighted by molar-refractivity contribution is 6.15. The lowest BCUT2D eigenvalue weighted by molar-refractivity contribution is 0.0181. The predicted octanol–water partition coefficient (Wildman–Crippen LogP) is 2.73. The van der Waals surface area contributed by atoms with Crippen molar-refractivity contribution in [3.05, 3.63) is 71.3 Å². The number of esters is 1. The number of benzene rings is 2. The molecular formula is C19H19BO4. The van der Waals surface area contributed by atoms with Crippen LogP contribution < -0.4 is 0 Å². The number of aliphatic hydroxyl groups excluding tert-OH is 1. The number of hydrogen-bond acceptors (Lipinski definition) is 4. The van der Waals surface area contributed by atoms with Crippen LogP contribution in [0.15, 0.2) is 54.6 Å². The van der Waals surface area contributed by atoms with Gasteiger partial charge in [-0.2, -0.15) is 0 Å².